The van der Waals surface area contributed by atoms with Gasteiger partial charge in [-0.1, -0.05) is 113 Å². The molecule has 3 rings (SSSR count). The van der Waals surface area contributed by atoms with Crippen molar-refractivity contribution in [2.45, 2.75) is 27.7 Å². The summed E-state index contributed by atoms with van der Waals surface area (Å²) >= 11 is 0. The van der Waals surface area contributed by atoms with Crippen molar-refractivity contribution in [3.63, 3.8) is 0 Å². The van der Waals surface area contributed by atoms with E-state index in [9.17, 15) is 4.79 Å². The Balaban J connectivity index is 2.05. The first-order chi connectivity index (χ1) is 14.5. The molecule has 0 aliphatic heterocycles. The Kier molecular flexibility index (Phi) is 7.60. The van der Waals surface area contributed by atoms with Crippen LogP contribution in [0.1, 0.15) is 27.7 Å². The third-order valence-electron chi connectivity index (χ3n) is 4.71. The van der Waals surface area contributed by atoms with E-state index in [4.69, 9.17) is 4.74 Å². The van der Waals surface area contributed by atoms with Crippen LogP contribution in [-0.2, 0) is 4.79 Å². The van der Waals surface area contributed by atoms with Gasteiger partial charge in [0.1, 0.15) is 5.75 Å². The van der Waals surface area contributed by atoms with E-state index < -0.39 is 7.92 Å². The lowest BCUT2D eigenvalue weighted by molar-refractivity contribution is -0.130. The molecule has 0 amide bonds. The van der Waals surface area contributed by atoms with Crippen molar-refractivity contribution in [3.8, 4) is 5.75 Å². The Labute approximate surface area is 181 Å². The molecule has 3 heteroatoms. The predicted molar refractivity (Wildman–Crippen MR) is 129 cm³/mol. The molecule has 0 radical (unpaired) electrons. The number of para-hydroxylation sites is 1. The summed E-state index contributed by atoms with van der Waals surface area (Å²) in [7, 11) is -0.845. The molecule has 3 aromatic carbocycles. The van der Waals surface area contributed by atoms with Crippen molar-refractivity contribution in [1.29, 1.82) is 0 Å². The SMILES string of the molecule is CC(C)/C=C(/C(=O)Oc1ccccc1P(c1ccccc1)c1ccccc1)C(C)C. The zero-order valence-electron chi connectivity index (χ0n) is 18.1. The first kappa shape index (κ1) is 22.0. The molecule has 0 aromatic heterocycles. The Bertz CT molecular complexity index is 952. The van der Waals surface area contributed by atoms with Crippen LogP contribution in [0.5, 0.6) is 5.75 Å². The summed E-state index contributed by atoms with van der Waals surface area (Å²) in [6.45, 7) is 8.21. The summed E-state index contributed by atoms with van der Waals surface area (Å²) in [5.74, 6) is 0.770. The molecule has 0 atom stereocenters. The molecule has 0 aliphatic rings. The highest BCUT2D eigenvalue weighted by Crippen LogP contribution is 2.36. The molecule has 154 valence electrons. The Morgan fingerprint density at radius 2 is 1.27 bits per heavy atom. The predicted octanol–water partition coefficient (Wildman–Crippen LogP) is 5.59. The zero-order chi connectivity index (χ0) is 21.5. The van der Waals surface area contributed by atoms with E-state index in [1.165, 1.54) is 10.6 Å². The molecule has 0 heterocycles. The largest absolute Gasteiger partial charge is 0.422 e. The lowest BCUT2D eigenvalue weighted by Crippen LogP contribution is -2.24. The second kappa shape index (κ2) is 10.4. The van der Waals surface area contributed by atoms with Gasteiger partial charge >= 0.3 is 5.97 Å². The van der Waals surface area contributed by atoms with E-state index in [-0.39, 0.29) is 17.8 Å². The van der Waals surface area contributed by atoms with Gasteiger partial charge in [0.2, 0.25) is 0 Å². The maximum absolute atomic E-state index is 13.1. The molecular weight excluding hydrogens is 387 g/mol. The molecule has 0 N–H and O–H groups in total. The Morgan fingerprint density at radius 3 is 1.77 bits per heavy atom. The van der Waals surface area contributed by atoms with Gasteiger partial charge in [-0.25, -0.2) is 4.79 Å². The number of carbonyl (C=O) groups excluding carboxylic acids is 1. The number of allylic oxidation sites excluding steroid dienone is 1. The second-order valence-electron chi connectivity index (χ2n) is 7.88. The van der Waals surface area contributed by atoms with Crippen molar-refractivity contribution in [2.24, 2.45) is 11.8 Å². The average Bonchev–Trinajstić information content (AvgIpc) is 2.74. The van der Waals surface area contributed by atoms with Gasteiger partial charge in [0.15, 0.2) is 0 Å². The van der Waals surface area contributed by atoms with E-state index in [1.54, 1.807) is 0 Å². The molecule has 0 bridgehead atoms. The molecule has 0 fully saturated rings. The van der Waals surface area contributed by atoms with Crippen molar-refractivity contribution in [2.75, 3.05) is 0 Å². The van der Waals surface area contributed by atoms with Crippen molar-refractivity contribution >= 4 is 29.8 Å². The van der Waals surface area contributed by atoms with Crippen LogP contribution in [0.3, 0.4) is 0 Å². The third-order valence-corrected chi connectivity index (χ3v) is 7.19. The van der Waals surface area contributed by atoms with E-state index in [2.05, 4.69) is 68.4 Å². The third kappa shape index (κ3) is 5.46. The normalized spacial score (nSPS) is 11.9. The molecule has 30 heavy (non-hydrogen) atoms. The number of benzene rings is 3. The fourth-order valence-electron chi connectivity index (χ4n) is 3.32. The van der Waals surface area contributed by atoms with Crippen LogP contribution in [0.25, 0.3) is 0 Å². The summed E-state index contributed by atoms with van der Waals surface area (Å²) in [4.78, 5) is 13.1. The first-order valence-corrected chi connectivity index (χ1v) is 11.7. The van der Waals surface area contributed by atoms with Gasteiger partial charge in [0.25, 0.3) is 0 Å². The maximum Gasteiger partial charge on any atom is 0.339 e. The van der Waals surface area contributed by atoms with E-state index in [0.29, 0.717) is 5.75 Å². The molecule has 0 aliphatic carbocycles. The molecular formula is C27H29O2P. The fraction of sp³-hybridized carbons (Fsp3) is 0.222. The van der Waals surface area contributed by atoms with Crippen LogP contribution < -0.4 is 20.7 Å². The summed E-state index contributed by atoms with van der Waals surface area (Å²) in [5, 5.41) is 3.50. The molecule has 2 nitrogen and oxygen atoms in total. The van der Waals surface area contributed by atoms with Crippen molar-refractivity contribution in [1.82, 2.24) is 0 Å². The van der Waals surface area contributed by atoms with Crippen LogP contribution in [0.4, 0.5) is 0 Å². The highest BCUT2D eigenvalue weighted by Gasteiger charge is 2.23. The van der Waals surface area contributed by atoms with E-state index in [1.807, 2.05) is 50.3 Å². The Hall–Kier alpha value is -2.70. The van der Waals surface area contributed by atoms with Crippen LogP contribution in [0, 0.1) is 11.8 Å². The van der Waals surface area contributed by atoms with Gasteiger partial charge in [0.05, 0.1) is 0 Å². The standard InChI is InChI=1S/C27H29O2P/c1-20(2)19-24(21(3)4)27(28)29-25-17-11-12-18-26(25)30(22-13-7-5-8-14-22)23-15-9-6-10-16-23/h5-21H,1-4H3/b24-19+. The topological polar surface area (TPSA) is 26.3 Å². The van der Waals surface area contributed by atoms with Crippen LogP contribution >= 0.6 is 7.92 Å². The van der Waals surface area contributed by atoms with Crippen LogP contribution in [0.2, 0.25) is 0 Å². The zero-order valence-corrected chi connectivity index (χ0v) is 19.0. The van der Waals surface area contributed by atoms with Crippen molar-refractivity contribution < 1.29 is 9.53 Å². The van der Waals surface area contributed by atoms with Gasteiger partial charge in [-0.2, -0.15) is 0 Å². The number of rotatable bonds is 7. The van der Waals surface area contributed by atoms with E-state index in [0.717, 1.165) is 10.9 Å². The van der Waals surface area contributed by atoms with Crippen molar-refractivity contribution in [3.05, 3.63) is 96.6 Å². The molecule has 0 spiro atoms. The Morgan fingerprint density at radius 1 is 0.767 bits per heavy atom. The smallest absolute Gasteiger partial charge is 0.339 e. The minimum absolute atomic E-state index is 0.108. The van der Waals surface area contributed by atoms with Gasteiger partial charge < -0.3 is 4.74 Å². The number of ether oxygens (including phenoxy) is 1. The van der Waals surface area contributed by atoms with Gasteiger partial charge in [-0.3, -0.25) is 0 Å². The quantitative estimate of drug-likeness (QED) is 0.217. The lowest BCUT2D eigenvalue weighted by Gasteiger charge is -2.22. The summed E-state index contributed by atoms with van der Waals surface area (Å²) in [6, 6.07) is 28.8. The second-order valence-corrected chi connectivity index (χ2v) is 10.1. The summed E-state index contributed by atoms with van der Waals surface area (Å²) < 4.78 is 6.00. The minimum Gasteiger partial charge on any atom is -0.422 e. The first-order valence-electron chi connectivity index (χ1n) is 10.4. The fourth-order valence-corrected chi connectivity index (χ4v) is 5.69. The summed E-state index contributed by atoms with van der Waals surface area (Å²) in [6.07, 6.45) is 2.01. The minimum atomic E-state index is -0.845. The molecule has 0 saturated carbocycles. The van der Waals surface area contributed by atoms with Crippen LogP contribution in [-0.4, -0.2) is 5.97 Å². The highest BCUT2D eigenvalue weighted by atomic mass is 31.1. The van der Waals surface area contributed by atoms with Gasteiger partial charge in [-0.05, 0) is 36.4 Å². The number of hydrogen-bond acceptors (Lipinski definition) is 2. The maximum atomic E-state index is 13.1. The number of carbonyl (C=O) groups is 1. The highest BCUT2D eigenvalue weighted by molar-refractivity contribution is 7.80. The van der Waals surface area contributed by atoms with Gasteiger partial charge in [-0.15, -0.1) is 0 Å². The number of hydrogen-bond donors (Lipinski definition) is 0. The van der Waals surface area contributed by atoms with Gasteiger partial charge in [0, 0.05) is 10.9 Å². The molecule has 3 aromatic rings. The number of esters is 1. The van der Waals surface area contributed by atoms with Crippen LogP contribution in [0.15, 0.2) is 96.6 Å². The monoisotopic (exact) mass is 416 g/mol. The molecule has 0 saturated heterocycles. The summed E-state index contributed by atoms with van der Waals surface area (Å²) in [5.41, 5.74) is 0.726. The van der Waals surface area contributed by atoms with E-state index >= 15 is 0 Å². The molecule has 0 unspecified atom stereocenters. The average molecular weight is 417 g/mol. The lowest BCUT2D eigenvalue weighted by atomic mass is 9.99.